The number of benzene rings is 2. The van der Waals surface area contributed by atoms with E-state index in [0.717, 1.165) is 25.0 Å². The molecule has 0 N–H and O–H groups in total. The van der Waals surface area contributed by atoms with Gasteiger partial charge in [-0.15, -0.1) is 0 Å². The Hall–Kier alpha value is -2.39. The summed E-state index contributed by atoms with van der Waals surface area (Å²) < 4.78 is 16.8. The van der Waals surface area contributed by atoms with Gasteiger partial charge in [-0.1, -0.05) is 42.0 Å². The highest BCUT2D eigenvalue weighted by molar-refractivity contribution is 5.90. The molecule has 0 saturated carbocycles. The van der Waals surface area contributed by atoms with Crippen molar-refractivity contribution in [1.29, 1.82) is 0 Å². The predicted molar refractivity (Wildman–Crippen MR) is 98.4 cm³/mol. The summed E-state index contributed by atoms with van der Waals surface area (Å²) in [4.78, 5) is 2.33. The number of hydrogen-bond acceptors (Lipinski definition) is 1. The number of rotatable bonds is 2. The van der Waals surface area contributed by atoms with E-state index < -0.39 is 0 Å². The lowest BCUT2D eigenvalue weighted by atomic mass is 10.0. The van der Waals surface area contributed by atoms with Gasteiger partial charge in [0.25, 0.3) is 0 Å². The fourth-order valence-electron chi connectivity index (χ4n) is 3.57. The van der Waals surface area contributed by atoms with Gasteiger partial charge in [-0.25, -0.2) is 4.39 Å². The second-order valence-corrected chi connectivity index (χ2v) is 6.65. The maximum Gasteiger partial charge on any atom is 0.146 e. The first-order valence-electron chi connectivity index (χ1n) is 8.37. The molecule has 0 atom stereocenters. The third-order valence-electron chi connectivity index (χ3n) is 4.83. The summed E-state index contributed by atoms with van der Waals surface area (Å²) in [5.41, 5.74) is 5.52. The molecule has 0 radical (unpaired) electrons. The van der Waals surface area contributed by atoms with Gasteiger partial charge in [0.15, 0.2) is 0 Å². The van der Waals surface area contributed by atoms with E-state index >= 15 is 0 Å². The molecule has 0 spiro atoms. The van der Waals surface area contributed by atoms with Crippen molar-refractivity contribution < 1.29 is 4.39 Å². The van der Waals surface area contributed by atoms with Crippen molar-refractivity contribution >= 4 is 22.9 Å². The van der Waals surface area contributed by atoms with Crippen LogP contribution in [-0.4, -0.2) is 23.1 Å². The first kappa shape index (κ1) is 15.2. The van der Waals surface area contributed by atoms with Crippen molar-refractivity contribution in [1.82, 2.24) is 9.47 Å². The molecule has 0 unspecified atom stereocenters. The molecular formula is C21H21FN2. The molecule has 0 saturated heterocycles. The van der Waals surface area contributed by atoms with Crippen molar-refractivity contribution in [3.63, 3.8) is 0 Å². The second-order valence-electron chi connectivity index (χ2n) is 6.65. The third kappa shape index (κ3) is 2.55. The van der Waals surface area contributed by atoms with Crippen LogP contribution in [0.1, 0.15) is 22.4 Å². The van der Waals surface area contributed by atoms with Gasteiger partial charge in [-0.3, -0.25) is 0 Å². The van der Waals surface area contributed by atoms with E-state index in [1.54, 1.807) is 6.20 Å². The Balaban J connectivity index is 1.92. The van der Waals surface area contributed by atoms with Crippen LogP contribution in [0.25, 0.3) is 22.9 Å². The highest BCUT2D eigenvalue weighted by atomic mass is 19.1. The van der Waals surface area contributed by atoms with Gasteiger partial charge in [0.05, 0.1) is 5.52 Å². The molecule has 0 amide bonds. The monoisotopic (exact) mass is 320 g/mol. The van der Waals surface area contributed by atoms with Crippen LogP contribution in [0.15, 0.2) is 48.5 Å². The Labute approximate surface area is 141 Å². The van der Waals surface area contributed by atoms with Crippen molar-refractivity contribution in [3.8, 4) is 0 Å². The average molecular weight is 320 g/mol. The summed E-state index contributed by atoms with van der Waals surface area (Å²) in [6.07, 6.45) is 2.59. The van der Waals surface area contributed by atoms with Gasteiger partial charge >= 0.3 is 0 Å². The number of nitrogens with zero attached hydrogens (tertiary/aromatic N) is 2. The Morgan fingerprint density at radius 1 is 1.12 bits per heavy atom. The van der Waals surface area contributed by atoms with Crippen molar-refractivity contribution in [2.45, 2.75) is 19.9 Å². The van der Waals surface area contributed by atoms with E-state index in [1.807, 2.05) is 30.3 Å². The Kier molecular flexibility index (Phi) is 3.73. The minimum absolute atomic E-state index is 0.199. The molecule has 2 aromatic carbocycles. The smallest absolute Gasteiger partial charge is 0.146 e. The van der Waals surface area contributed by atoms with Crippen molar-refractivity contribution in [2.75, 3.05) is 13.6 Å². The Bertz CT molecular complexity index is 922. The van der Waals surface area contributed by atoms with E-state index in [9.17, 15) is 4.39 Å². The largest absolute Gasteiger partial charge is 0.317 e. The second kappa shape index (κ2) is 5.91. The third-order valence-corrected chi connectivity index (χ3v) is 4.83. The minimum atomic E-state index is -0.199. The van der Waals surface area contributed by atoms with E-state index in [1.165, 1.54) is 22.2 Å². The van der Waals surface area contributed by atoms with Crippen LogP contribution in [0.2, 0.25) is 0 Å². The molecule has 2 nitrogen and oxygen atoms in total. The van der Waals surface area contributed by atoms with Crippen LogP contribution in [-0.2, 0) is 13.0 Å². The zero-order valence-corrected chi connectivity index (χ0v) is 14.1. The maximum atomic E-state index is 14.8. The molecule has 0 aliphatic carbocycles. The summed E-state index contributed by atoms with van der Waals surface area (Å²) in [6, 6.07) is 15.7. The minimum Gasteiger partial charge on any atom is -0.317 e. The fraction of sp³-hybridized carbons (Fsp3) is 0.238. The number of hydrogen-bond donors (Lipinski definition) is 0. The van der Waals surface area contributed by atoms with E-state index in [4.69, 9.17) is 0 Å². The Morgan fingerprint density at radius 2 is 1.92 bits per heavy atom. The van der Waals surface area contributed by atoms with Crippen LogP contribution in [0.3, 0.4) is 0 Å². The number of aromatic nitrogens is 1. The maximum absolute atomic E-state index is 14.8. The number of likely N-dealkylation sites (N-methyl/N-ethyl adjacent to an activating group) is 1. The molecule has 3 heteroatoms. The van der Waals surface area contributed by atoms with Crippen molar-refractivity contribution in [2.24, 2.45) is 0 Å². The molecule has 0 bridgehead atoms. The molecule has 24 heavy (non-hydrogen) atoms. The van der Waals surface area contributed by atoms with Gasteiger partial charge in [0.2, 0.25) is 0 Å². The SMILES string of the molecule is Cc1ccc2c(c1)c1c(n2/C=C(\F)c2ccccc2)CCN(C)C1. The highest BCUT2D eigenvalue weighted by Gasteiger charge is 2.22. The van der Waals surface area contributed by atoms with Crippen LogP contribution in [0.5, 0.6) is 0 Å². The average Bonchev–Trinajstić information content (AvgIpc) is 2.88. The molecule has 0 fully saturated rings. The lowest BCUT2D eigenvalue weighted by Crippen LogP contribution is -2.26. The summed E-state index contributed by atoms with van der Waals surface area (Å²) in [7, 11) is 2.14. The topological polar surface area (TPSA) is 8.17 Å². The zero-order valence-electron chi connectivity index (χ0n) is 14.1. The summed E-state index contributed by atoms with van der Waals surface area (Å²) in [5, 5.41) is 1.24. The molecule has 1 aliphatic heterocycles. The number of fused-ring (bicyclic) bond motifs is 3. The van der Waals surface area contributed by atoms with Crippen molar-refractivity contribution in [3.05, 3.63) is 70.9 Å². The van der Waals surface area contributed by atoms with E-state index in [2.05, 4.69) is 41.6 Å². The first-order chi connectivity index (χ1) is 11.6. The lowest BCUT2D eigenvalue weighted by molar-refractivity contribution is 0.312. The fourth-order valence-corrected chi connectivity index (χ4v) is 3.57. The van der Waals surface area contributed by atoms with E-state index in [0.29, 0.717) is 5.56 Å². The lowest BCUT2D eigenvalue weighted by Gasteiger charge is -2.23. The number of halogens is 1. The first-order valence-corrected chi connectivity index (χ1v) is 8.37. The molecule has 1 aromatic heterocycles. The molecule has 4 rings (SSSR count). The van der Waals surface area contributed by atoms with Crippen LogP contribution in [0.4, 0.5) is 4.39 Å². The zero-order chi connectivity index (χ0) is 16.7. The van der Waals surface area contributed by atoms with Gasteiger partial charge in [0, 0.05) is 42.4 Å². The predicted octanol–water partition coefficient (Wildman–Crippen LogP) is 4.86. The normalized spacial score (nSPS) is 15.7. The molecular weight excluding hydrogens is 299 g/mol. The van der Waals surface area contributed by atoms with Crippen LogP contribution in [0, 0.1) is 6.92 Å². The standard InChI is InChI=1S/C21H21FN2/c1-15-8-9-20-17(12-15)18-13-23(2)11-10-21(18)24(20)14-19(22)16-6-4-3-5-7-16/h3-9,12,14H,10-11,13H2,1-2H3/b19-14-. The summed E-state index contributed by atoms with van der Waals surface area (Å²) in [6.45, 7) is 4.03. The summed E-state index contributed by atoms with van der Waals surface area (Å²) in [5.74, 6) is -0.199. The molecule has 122 valence electrons. The molecule has 2 heterocycles. The van der Waals surface area contributed by atoms with Gasteiger partial charge in [-0.2, -0.15) is 0 Å². The van der Waals surface area contributed by atoms with Gasteiger partial charge in [-0.05, 0) is 31.7 Å². The number of aryl methyl sites for hydroxylation is 1. The highest BCUT2D eigenvalue weighted by Crippen LogP contribution is 2.32. The Morgan fingerprint density at radius 3 is 2.71 bits per heavy atom. The summed E-state index contributed by atoms with van der Waals surface area (Å²) >= 11 is 0. The van der Waals surface area contributed by atoms with Crippen LogP contribution < -0.4 is 0 Å². The molecule has 3 aromatic rings. The van der Waals surface area contributed by atoms with Crippen LogP contribution >= 0.6 is 0 Å². The van der Waals surface area contributed by atoms with Gasteiger partial charge in [0.1, 0.15) is 5.83 Å². The van der Waals surface area contributed by atoms with E-state index in [-0.39, 0.29) is 5.83 Å². The quantitative estimate of drug-likeness (QED) is 0.654. The van der Waals surface area contributed by atoms with Gasteiger partial charge < -0.3 is 9.47 Å². The molecule has 1 aliphatic rings.